The van der Waals surface area contributed by atoms with Crippen LogP contribution in [-0.4, -0.2) is 17.8 Å². The van der Waals surface area contributed by atoms with E-state index in [1.165, 1.54) is 0 Å². The zero-order valence-electron chi connectivity index (χ0n) is 8.58. The minimum Gasteiger partial charge on any atom is -0.396 e. The summed E-state index contributed by atoms with van der Waals surface area (Å²) < 4.78 is 26.3. The van der Waals surface area contributed by atoms with E-state index >= 15 is 0 Å². The van der Waals surface area contributed by atoms with Gasteiger partial charge in [0.1, 0.15) is 11.6 Å². The molecule has 0 fully saturated rings. The van der Waals surface area contributed by atoms with Crippen molar-refractivity contribution in [3.05, 3.63) is 35.4 Å². The fourth-order valence-electron chi connectivity index (χ4n) is 1.64. The molecule has 2 nitrogen and oxygen atoms in total. The fraction of sp³-hybridized carbons (Fsp3) is 0.455. The van der Waals surface area contributed by atoms with Gasteiger partial charge in [-0.25, -0.2) is 8.78 Å². The summed E-state index contributed by atoms with van der Waals surface area (Å²) in [7, 11) is 0. The van der Waals surface area contributed by atoms with Crippen LogP contribution in [0.1, 0.15) is 24.8 Å². The van der Waals surface area contributed by atoms with E-state index in [0.29, 0.717) is 6.42 Å². The van der Waals surface area contributed by atoms with Crippen molar-refractivity contribution in [1.82, 2.24) is 0 Å². The second kappa shape index (κ2) is 5.19. The molecule has 2 unspecified atom stereocenters. The molecule has 1 aromatic carbocycles. The normalized spacial score (nSPS) is 15.0. The summed E-state index contributed by atoms with van der Waals surface area (Å²) in [5, 5.41) is 8.84. The predicted molar refractivity (Wildman–Crippen MR) is 54.5 cm³/mol. The highest BCUT2D eigenvalue weighted by atomic mass is 19.1. The van der Waals surface area contributed by atoms with Gasteiger partial charge in [0.2, 0.25) is 0 Å². The van der Waals surface area contributed by atoms with E-state index in [9.17, 15) is 8.78 Å². The highest BCUT2D eigenvalue weighted by Gasteiger charge is 2.19. The second-order valence-corrected chi connectivity index (χ2v) is 3.64. The standard InChI is InChI=1S/C11H15F2NO/c1-7(14)9(4-5-15)10-6-8(12)2-3-11(10)13/h2-3,6-7,9,15H,4-5,14H2,1H3. The van der Waals surface area contributed by atoms with Crippen LogP contribution in [0, 0.1) is 11.6 Å². The van der Waals surface area contributed by atoms with Gasteiger partial charge >= 0.3 is 0 Å². The largest absolute Gasteiger partial charge is 0.396 e. The average molecular weight is 215 g/mol. The molecule has 0 bridgehead atoms. The summed E-state index contributed by atoms with van der Waals surface area (Å²) in [5.41, 5.74) is 5.91. The predicted octanol–water partition coefficient (Wildman–Crippen LogP) is 1.78. The fourth-order valence-corrected chi connectivity index (χ4v) is 1.64. The van der Waals surface area contributed by atoms with Crippen LogP contribution in [0.2, 0.25) is 0 Å². The van der Waals surface area contributed by atoms with E-state index < -0.39 is 11.6 Å². The van der Waals surface area contributed by atoms with Crippen LogP contribution in [0.4, 0.5) is 8.78 Å². The molecule has 2 atom stereocenters. The SMILES string of the molecule is CC(N)C(CCO)c1cc(F)ccc1F. The Labute approximate surface area is 87.7 Å². The van der Waals surface area contributed by atoms with Gasteiger partial charge in [0.25, 0.3) is 0 Å². The van der Waals surface area contributed by atoms with E-state index in [-0.39, 0.29) is 24.1 Å². The summed E-state index contributed by atoms with van der Waals surface area (Å²) in [5.74, 6) is -1.33. The molecule has 15 heavy (non-hydrogen) atoms. The number of hydrogen-bond donors (Lipinski definition) is 2. The first-order valence-electron chi connectivity index (χ1n) is 4.87. The Morgan fingerprint density at radius 2 is 2.07 bits per heavy atom. The molecule has 0 aliphatic heterocycles. The molecule has 0 saturated carbocycles. The number of benzene rings is 1. The number of nitrogens with two attached hydrogens (primary N) is 1. The Morgan fingerprint density at radius 1 is 1.40 bits per heavy atom. The van der Waals surface area contributed by atoms with Gasteiger partial charge in [-0.1, -0.05) is 0 Å². The van der Waals surface area contributed by atoms with Crippen LogP contribution in [0.25, 0.3) is 0 Å². The van der Waals surface area contributed by atoms with Crippen molar-refractivity contribution in [1.29, 1.82) is 0 Å². The van der Waals surface area contributed by atoms with Gasteiger partial charge in [-0.3, -0.25) is 0 Å². The quantitative estimate of drug-likeness (QED) is 0.804. The van der Waals surface area contributed by atoms with Gasteiger partial charge in [-0.05, 0) is 37.1 Å². The van der Waals surface area contributed by atoms with Gasteiger partial charge in [-0.2, -0.15) is 0 Å². The molecule has 1 rings (SSSR count). The van der Waals surface area contributed by atoms with E-state index in [4.69, 9.17) is 10.8 Å². The first kappa shape index (κ1) is 12.1. The Morgan fingerprint density at radius 3 is 2.60 bits per heavy atom. The van der Waals surface area contributed by atoms with Gasteiger partial charge in [0.15, 0.2) is 0 Å². The van der Waals surface area contributed by atoms with Crippen LogP contribution in [0.15, 0.2) is 18.2 Å². The molecule has 84 valence electrons. The third-order valence-electron chi connectivity index (χ3n) is 2.43. The zero-order chi connectivity index (χ0) is 11.4. The van der Waals surface area contributed by atoms with Gasteiger partial charge in [-0.15, -0.1) is 0 Å². The maximum Gasteiger partial charge on any atom is 0.126 e. The van der Waals surface area contributed by atoms with Crippen molar-refractivity contribution >= 4 is 0 Å². The minimum absolute atomic E-state index is 0.0951. The van der Waals surface area contributed by atoms with Crippen molar-refractivity contribution in [2.45, 2.75) is 25.3 Å². The summed E-state index contributed by atoms with van der Waals surface area (Å²) in [6, 6.07) is 2.96. The molecule has 0 spiro atoms. The molecular formula is C11H15F2NO. The lowest BCUT2D eigenvalue weighted by molar-refractivity contribution is 0.267. The monoisotopic (exact) mass is 215 g/mol. The third-order valence-corrected chi connectivity index (χ3v) is 2.43. The van der Waals surface area contributed by atoms with Crippen LogP contribution in [0.5, 0.6) is 0 Å². The molecule has 0 heterocycles. The molecule has 3 N–H and O–H groups in total. The molecule has 0 aliphatic carbocycles. The smallest absolute Gasteiger partial charge is 0.126 e. The summed E-state index contributed by atoms with van der Waals surface area (Å²) in [6.45, 7) is 1.62. The van der Waals surface area contributed by atoms with E-state index in [1.807, 2.05) is 0 Å². The van der Waals surface area contributed by atoms with E-state index in [2.05, 4.69) is 0 Å². The Balaban J connectivity index is 3.04. The van der Waals surface area contributed by atoms with Crippen molar-refractivity contribution < 1.29 is 13.9 Å². The van der Waals surface area contributed by atoms with E-state index in [0.717, 1.165) is 18.2 Å². The summed E-state index contributed by atoms with van der Waals surface area (Å²) in [6.07, 6.45) is 0.331. The van der Waals surface area contributed by atoms with Gasteiger partial charge in [0, 0.05) is 18.6 Å². The molecule has 4 heteroatoms. The van der Waals surface area contributed by atoms with Crippen LogP contribution >= 0.6 is 0 Å². The Hall–Kier alpha value is -1.00. The lowest BCUT2D eigenvalue weighted by Gasteiger charge is -2.20. The topological polar surface area (TPSA) is 46.2 Å². The van der Waals surface area contributed by atoms with Crippen molar-refractivity contribution in [2.75, 3.05) is 6.61 Å². The molecule has 0 amide bonds. The number of rotatable bonds is 4. The Kier molecular flexibility index (Phi) is 4.17. The highest BCUT2D eigenvalue weighted by molar-refractivity contribution is 5.24. The number of hydrogen-bond acceptors (Lipinski definition) is 2. The van der Waals surface area contributed by atoms with Crippen LogP contribution < -0.4 is 5.73 Å². The zero-order valence-corrected chi connectivity index (χ0v) is 8.58. The van der Waals surface area contributed by atoms with Crippen molar-refractivity contribution in [2.24, 2.45) is 5.73 Å². The Bertz CT molecular complexity index is 328. The molecule has 0 aliphatic rings. The van der Waals surface area contributed by atoms with Crippen LogP contribution in [-0.2, 0) is 0 Å². The average Bonchev–Trinajstić information content (AvgIpc) is 2.18. The lowest BCUT2D eigenvalue weighted by Crippen LogP contribution is -2.26. The molecular weight excluding hydrogens is 200 g/mol. The lowest BCUT2D eigenvalue weighted by atomic mass is 9.90. The third kappa shape index (κ3) is 2.97. The second-order valence-electron chi connectivity index (χ2n) is 3.64. The summed E-state index contributed by atoms with van der Waals surface area (Å²) >= 11 is 0. The summed E-state index contributed by atoms with van der Waals surface area (Å²) in [4.78, 5) is 0. The van der Waals surface area contributed by atoms with Gasteiger partial charge < -0.3 is 10.8 Å². The maximum absolute atomic E-state index is 13.4. The van der Waals surface area contributed by atoms with Crippen LogP contribution in [0.3, 0.4) is 0 Å². The minimum atomic E-state index is -0.491. The number of aliphatic hydroxyl groups is 1. The van der Waals surface area contributed by atoms with Gasteiger partial charge in [0.05, 0.1) is 0 Å². The first-order chi connectivity index (χ1) is 7.06. The maximum atomic E-state index is 13.4. The molecule has 0 saturated heterocycles. The number of aliphatic hydroxyl groups excluding tert-OH is 1. The number of halogens is 2. The van der Waals surface area contributed by atoms with Crippen molar-refractivity contribution in [3.8, 4) is 0 Å². The molecule has 0 radical (unpaired) electrons. The first-order valence-corrected chi connectivity index (χ1v) is 4.87. The molecule has 1 aromatic rings. The highest BCUT2D eigenvalue weighted by Crippen LogP contribution is 2.25. The van der Waals surface area contributed by atoms with E-state index in [1.54, 1.807) is 6.92 Å². The van der Waals surface area contributed by atoms with Crippen molar-refractivity contribution in [3.63, 3.8) is 0 Å². The molecule has 0 aromatic heterocycles.